The molecule has 28 heavy (non-hydrogen) atoms. The van der Waals surface area contributed by atoms with Gasteiger partial charge in [0, 0.05) is 17.8 Å². The summed E-state index contributed by atoms with van der Waals surface area (Å²) in [7, 11) is 0. The monoisotopic (exact) mass is 389 g/mol. The Labute approximate surface area is 167 Å². The number of allylic oxidation sites excluding steroid dienone is 1. The third kappa shape index (κ3) is 4.87. The molecule has 1 aromatic heterocycles. The van der Waals surface area contributed by atoms with E-state index in [-0.39, 0.29) is 11.7 Å². The molecular formula is C21H19N5OS. The molecule has 0 aliphatic carbocycles. The van der Waals surface area contributed by atoms with Crippen molar-refractivity contribution < 1.29 is 4.79 Å². The van der Waals surface area contributed by atoms with Crippen LogP contribution in [-0.2, 0) is 17.8 Å². The van der Waals surface area contributed by atoms with Crippen molar-refractivity contribution in [2.45, 2.75) is 18.1 Å². The van der Waals surface area contributed by atoms with Gasteiger partial charge in [0.15, 0.2) is 11.0 Å². The molecule has 140 valence electrons. The average Bonchev–Trinajstić information content (AvgIpc) is 3.12. The number of carbonyl (C=O) groups excluding carboxylic acids is 1. The van der Waals surface area contributed by atoms with Crippen molar-refractivity contribution in [3.8, 4) is 17.5 Å². The molecule has 1 N–H and O–H groups in total. The number of hydrogen-bond donors (Lipinski definition) is 1. The molecule has 1 amide bonds. The molecular weight excluding hydrogens is 370 g/mol. The number of benzene rings is 2. The van der Waals surface area contributed by atoms with Gasteiger partial charge in [-0.25, -0.2) is 0 Å². The van der Waals surface area contributed by atoms with Gasteiger partial charge in [0.25, 0.3) is 0 Å². The smallest absolute Gasteiger partial charge is 0.234 e. The van der Waals surface area contributed by atoms with E-state index in [1.165, 1.54) is 11.8 Å². The topological polar surface area (TPSA) is 83.6 Å². The zero-order valence-corrected chi connectivity index (χ0v) is 16.0. The van der Waals surface area contributed by atoms with Crippen molar-refractivity contribution >= 4 is 23.4 Å². The lowest BCUT2D eigenvalue weighted by Crippen LogP contribution is -2.14. The van der Waals surface area contributed by atoms with Crippen LogP contribution in [0.5, 0.6) is 0 Å². The SMILES string of the molecule is C=CCn1c(SCC(=O)Nc2ccc(CC#N)cc2)nnc1-c1ccccc1. The van der Waals surface area contributed by atoms with Gasteiger partial charge in [0.1, 0.15) is 0 Å². The van der Waals surface area contributed by atoms with E-state index in [4.69, 9.17) is 5.26 Å². The molecule has 0 radical (unpaired) electrons. The molecule has 0 fully saturated rings. The number of amides is 1. The van der Waals surface area contributed by atoms with Gasteiger partial charge in [-0.15, -0.1) is 16.8 Å². The number of carbonyl (C=O) groups is 1. The normalized spacial score (nSPS) is 10.2. The van der Waals surface area contributed by atoms with E-state index in [2.05, 4.69) is 28.2 Å². The fourth-order valence-electron chi connectivity index (χ4n) is 2.61. The Morgan fingerprint density at radius 2 is 1.93 bits per heavy atom. The van der Waals surface area contributed by atoms with Gasteiger partial charge in [-0.05, 0) is 17.7 Å². The molecule has 1 heterocycles. The van der Waals surface area contributed by atoms with Crippen molar-refractivity contribution in [3.05, 3.63) is 72.8 Å². The minimum Gasteiger partial charge on any atom is -0.325 e. The Morgan fingerprint density at radius 3 is 2.61 bits per heavy atom. The van der Waals surface area contributed by atoms with E-state index in [1.54, 1.807) is 18.2 Å². The first kappa shape index (κ1) is 19.4. The Bertz CT molecular complexity index is 990. The number of thioether (sulfide) groups is 1. The van der Waals surface area contributed by atoms with Crippen LogP contribution in [0.25, 0.3) is 11.4 Å². The lowest BCUT2D eigenvalue weighted by Gasteiger charge is -2.08. The second-order valence-corrected chi connectivity index (χ2v) is 6.88. The van der Waals surface area contributed by atoms with Crippen molar-refractivity contribution in [1.29, 1.82) is 5.26 Å². The predicted molar refractivity (Wildman–Crippen MR) is 111 cm³/mol. The van der Waals surface area contributed by atoms with Gasteiger partial charge in [-0.2, -0.15) is 5.26 Å². The van der Waals surface area contributed by atoms with Crippen LogP contribution < -0.4 is 5.32 Å². The highest BCUT2D eigenvalue weighted by atomic mass is 32.2. The molecule has 0 aliphatic rings. The second-order valence-electron chi connectivity index (χ2n) is 5.94. The van der Waals surface area contributed by atoms with E-state index in [9.17, 15) is 4.79 Å². The number of aromatic nitrogens is 3. The zero-order chi connectivity index (χ0) is 19.8. The minimum absolute atomic E-state index is 0.132. The van der Waals surface area contributed by atoms with E-state index < -0.39 is 0 Å². The lowest BCUT2D eigenvalue weighted by molar-refractivity contribution is -0.113. The fourth-order valence-corrected chi connectivity index (χ4v) is 3.36. The summed E-state index contributed by atoms with van der Waals surface area (Å²) in [6, 6.07) is 19.1. The van der Waals surface area contributed by atoms with Gasteiger partial charge in [-0.3, -0.25) is 9.36 Å². The fraction of sp³-hybridized carbons (Fsp3) is 0.143. The molecule has 6 nitrogen and oxygen atoms in total. The quantitative estimate of drug-likeness (QED) is 0.466. The molecule has 3 rings (SSSR count). The van der Waals surface area contributed by atoms with Gasteiger partial charge in [-0.1, -0.05) is 60.3 Å². The third-order valence-corrected chi connectivity index (χ3v) is 4.88. The Kier molecular flexibility index (Phi) is 6.60. The number of nitriles is 1. The first-order chi connectivity index (χ1) is 13.7. The van der Waals surface area contributed by atoms with Gasteiger partial charge >= 0.3 is 0 Å². The maximum Gasteiger partial charge on any atom is 0.234 e. The van der Waals surface area contributed by atoms with Crippen LogP contribution in [0, 0.1) is 11.3 Å². The van der Waals surface area contributed by atoms with Crippen LogP contribution in [0.15, 0.2) is 72.4 Å². The van der Waals surface area contributed by atoms with Crippen molar-refractivity contribution in [2.24, 2.45) is 0 Å². The number of rotatable bonds is 8. The summed E-state index contributed by atoms with van der Waals surface area (Å²) in [5.74, 6) is 0.827. The molecule has 0 saturated carbocycles. The lowest BCUT2D eigenvalue weighted by atomic mass is 10.1. The van der Waals surface area contributed by atoms with Crippen LogP contribution >= 0.6 is 11.8 Å². The number of nitrogens with one attached hydrogen (secondary N) is 1. The van der Waals surface area contributed by atoms with Gasteiger partial charge < -0.3 is 5.32 Å². The summed E-state index contributed by atoms with van der Waals surface area (Å²) in [6.45, 7) is 4.35. The van der Waals surface area contributed by atoms with Crippen LogP contribution in [0.1, 0.15) is 5.56 Å². The zero-order valence-electron chi connectivity index (χ0n) is 15.2. The number of hydrogen-bond acceptors (Lipinski definition) is 5. The molecule has 0 aliphatic heterocycles. The first-order valence-corrected chi connectivity index (χ1v) is 9.68. The summed E-state index contributed by atoms with van der Waals surface area (Å²) in [5.41, 5.74) is 2.58. The first-order valence-electron chi connectivity index (χ1n) is 8.69. The van der Waals surface area contributed by atoms with Crippen molar-refractivity contribution in [3.63, 3.8) is 0 Å². The van der Waals surface area contributed by atoms with E-state index in [0.717, 1.165) is 17.0 Å². The highest BCUT2D eigenvalue weighted by Crippen LogP contribution is 2.24. The molecule has 7 heteroatoms. The minimum atomic E-state index is -0.132. The number of anilines is 1. The van der Waals surface area contributed by atoms with Gasteiger partial charge in [0.05, 0.1) is 18.2 Å². The standard InChI is InChI=1S/C21H19N5OS/c1-2-14-26-20(17-6-4-3-5-7-17)24-25-21(26)28-15-19(27)23-18-10-8-16(9-11-18)12-13-22/h2-11H,1,12,14-15H2,(H,23,27). The Morgan fingerprint density at radius 1 is 1.18 bits per heavy atom. The van der Waals surface area contributed by atoms with Crippen LogP contribution in [-0.4, -0.2) is 26.4 Å². The van der Waals surface area contributed by atoms with Crippen LogP contribution in [0.3, 0.4) is 0 Å². The number of nitrogens with zero attached hydrogens (tertiary/aromatic N) is 4. The summed E-state index contributed by atoms with van der Waals surface area (Å²) < 4.78 is 1.94. The Balaban J connectivity index is 1.65. The van der Waals surface area contributed by atoms with Crippen LogP contribution in [0.4, 0.5) is 5.69 Å². The maximum atomic E-state index is 12.3. The largest absolute Gasteiger partial charge is 0.325 e. The molecule has 0 atom stereocenters. The summed E-state index contributed by atoms with van der Waals surface area (Å²) in [6.07, 6.45) is 2.13. The summed E-state index contributed by atoms with van der Waals surface area (Å²) in [5, 5.41) is 20.7. The van der Waals surface area contributed by atoms with Crippen LogP contribution in [0.2, 0.25) is 0 Å². The van der Waals surface area contributed by atoms with Gasteiger partial charge in [0.2, 0.25) is 5.91 Å². The van der Waals surface area contributed by atoms with Crippen molar-refractivity contribution in [2.75, 3.05) is 11.1 Å². The highest BCUT2D eigenvalue weighted by molar-refractivity contribution is 7.99. The molecule has 0 unspecified atom stereocenters. The molecule has 2 aromatic carbocycles. The van der Waals surface area contributed by atoms with E-state index >= 15 is 0 Å². The van der Waals surface area contributed by atoms with E-state index in [1.807, 2.05) is 47.0 Å². The summed E-state index contributed by atoms with van der Waals surface area (Å²) in [4.78, 5) is 12.3. The average molecular weight is 389 g/mol. The van der Waals surface area contributed by atoms with Crippen molar-refractivity contribution in [1.82, 2.24) is 14.8 Å². The van der Waals surface area contributed by atoms with E-state index in [0.29, 0.717) is 23.8 Å². The third-order valence-electron chi connectivity index (χ3n) is 3.91. The predicted octanol–water partition coefficient (Wildman–Crippen LogP) is 3.93. The molecule has 0 spiro atoms. The highest BCUT2D eigenvalue weighted by Gasteiger charge is 2.14. The summed E-state index contributed by atoms with van der Waals surface area (Å²) >= 11 is 1.33. The molecule has 3 aromatic rings. The molecule has 0 saturated heterocycles. The second kappa shape index (κ2) is 9.53. The molecule has 0 bridgehead atoms. The Hall–Kier alpha value is -3.37. The maximum absolute atomic E-state index is 12.3.